The molecular weight excluding hydrogens is 126 g/mol. The Hall–Kier alpha value is -0.530. The van der Waals surface area contributed by atoms with Gasteiger partial charge in [-0.2, -0.15) is 0 Å². The number of fused-ring (bicyclic) bond motifs is 2. The van der Waals surface area contributed by atoms with Gasteiger partial charge in [-0.15, -0.1) is 0 Å². The smallest absolute Gasteiger partial charge is 0.0576 e. The molecule has 2 heteroatoms. The van der Waals surface area contributed by atoms with Gasteiger partial charge < -0.3 is 5.21 Å². The standard InChI is InChI=1S/C8H13NO/c10-9-8-4-6-1-2-7(3-6)5-8/h6-7,10H,1-5H2. The highest BCUT2D eigenvalue weighted by Crippen LogP contribution is 2.40. The van der Waals surface area contributed by atoms with Gasteiger partial charge in [0.25, 0.3) is 0 Å². The van der Waals surface area contributed by atoms with Crippen molar-refractivity contribution >= 4 is 5.71 Å². The molecule has 1 N–H and O–H groups in total. The minimum atomic E-state index is 0.852. The predicted octanol–water partition coefficient (Wildman–Crippen LogP) is 2.03. The first-order valence-electron chi connectivity index (χ1n) is 4.08. The largest absolute Gasteiger partial charge is 0.411 e. The molecular formula is C8H13NO. The molecule has 2 fully saturated rings. The first-order chi connectivity index (χ1) is 4.88. The van der Waals surface area contributed by atoms with Gasteiger partial charge in [0.15, 0.2) is 0 Å². The molecule has 0 aliphatic heterocycles. The average Bonchev–Trinajstić information content (AvgIpc) is 2.30. The molecule has 0 saturated heterocycles. The number of oxime groups is 1. The van der Waals surface area contributed by atoms with Gasteiger partial charge in [-0.05, 0) is 43.9 Å². The molecule has 2 nitrogen and oxygen atoms in total. The molecule has 2 unspecified atom stereocenters. The summed E-state index contributed by atoms with van der Waals surface area (Å²) in [5, 5.41) is 11.8. The fourth-order valence-corrected chi connectivity index (χ4v) is 2.38. The van der Waals surface area contributed by atoms with Crippen LogP contribution in [0.5, 0.6) is 0 Å². The molecule has 0 amide bonds. The van der Waals surface area contributed by atoms with Crippen molar-refractivity contribution in [3.8, 4) is 0 Å². The molecule has 0 spiro atoms. The lowest BCUT2D eigenvalue weighted by molar-refractivity contribution is 0.309. The summed E-state index contributed by atoms with van der Waals surface area (Å²) in [6.07, 6.45) is 6.24. The monoisotopic (exact) mass is 139 g/mol. The van der Waals surface area contributed by atoms with Crippen molar-refractivity contribution < 1.29 is 5.21 Å². The fourth-order valence-electron chi connectivity index (χ4n) is 2.38. The van der Waals surface area contributed by atoms with Crippen LogP contribution >= 0.6 is 0 Å². The van der Waals surface area contributed by atoms with Gasteiger partial charge in [-0.3, -0.25) is 0 Å². The Labute approximate surface area is 60.9 Å². The molecule has 2 atom stereocenters. The average molecular weight is 139 g/mol. The topological polar surface area (TPSA) is 32.6 Å². The van der Waals surface area contributed by atoms with Crippen LogP contribution in [0.2, 0.25) is 0 Å². The molecule has 2 aliphatic carbocycles. The van der Waals surface area contributed by atoms with Crippen LogP contribution in [0.1, 0.15) is 32.1 Å². The van der Waals surface area contributed by atoms with Gasteiger partial charge in [0.1, 0.15) is 0 Å². The van der Waals surface area contributed by atoms with Crippen LogP contribution in [-0.4, -0.2) is 10.9 Å². The first kappa shape index (κ1) is 6.20. The first-order valence-corrected chi connectivity index (χ1v) is 4.08. The van der Waals surface area contributed by atoms with E-state index in [0.29, 0.717) is 0 Å². The van der Waals surface area contributed by atoms with Crippen LogP contribution in [0.25, 0.3) is 0 Å². The van der Waals surface area contributed by atoms with Crippen LogP contribution in [0.15, 0.2) is 5.16 Å². The third-order valence-corrected chi connectivity index (χ3v) is 2.84. The van der Waals surface area contributed by atoms with Crippen molar-refractivity contribution in [1.82, 2.24) is 0 Å². The Balaban J connectivity index is 2.09. The van der Waals surface area contributed by atoms with Crippen LogP contribution in [0, 0.1) is 11.8 Å². The molecule has 2 bridgehead atoms. The molecule has 0 aromatic heterocycles. The van der Waals surface area contributed by atoms with E-state index in [0.717, 1.165) is 30.4 Å². The van der Waals surface area contributed by atoms with Crippen molar-refractivity contribution in [2.45, 2.75) is 32.1 Å². The van der Waals surface area contributed by atoms with E-state index in [-0.39, 0.29) is 0 Å². The van der Waals surface area contributed by atoms with E-state index in [2.05, 4.69) is 5.16 Å². The minimum Gasteiger partial charge on any atom is -0.411 e. The number of nitrogens with zero attached hydrogens (tertiary/aromatic N) is 1. The second-order valence-electron chi connectivity index (χ2n) is 3.62. The van der Waals surface area contributed by atoms with E-state index < -0.39 is 0 Å². The van der Waals surface area contributed by atoms with E-state index in [9.17, 15) is 0 Å². The van der Waals surface area contributed by atoms with Crippen molar-refractivity contribution in [2.75, 3.05) is 0 Å². The van der Waals surface area contributed by atoms with Gasteiger partial charge in [-0.25, -0.2) is 0 Å². The summed E-state index contributed by atoms with van der Waals surface area (Å²) in [4.78, 5) is 0. The molecule has 10 heavy (non-hydrogen) atoms. The van der Waals surface area contributed by atoms with Crippen LogP contribution in [0.4, 0.5) is 0 Å². The predicted molar refractivity (Wildman–Crippen MR) is 39.3 cm³/mol. The number of rotatable bonds is 0. The Morgan fingerprint density at radius 1 is 1.20 bits per heavy atom. The minimum absolute atomic E-state index is 0.852. The Kier molecular flexibility index (Phi) is 1.40. The fraction of sp³-hybridized carbons (Fsp3) is 0.875. The SMILES string of the molecule is ON=C1CC2CCC(C1)C2. The molecule has 0 radical (unpaired) electrons. The lowest BCUT2D eigenvalue weighted by Crippen LogP contribution is -2.15. The third-order valence-electron chi connectivity index (χ3n) is 2.84. The number of hydrogen-bond acceptors (Lipinski definition) is 2. The third kappa shape index (κ3) is 0.917. The van der Waals surface area contributed by atoms with Gasteiger partial charge in [0.05, 0.1) is 5.71 Å². The summed E-state index contributed by atoms with van der Waals surface area (Å²) >= 11 is 0. The van der Waals surface area contributed by atoms with Gasteiger partial charge in [0.2, 0.25) is 0 Å². The maximum absolute atomic E-state index is 8.54. The molecule has 0 heterocycles. The van der Waals surface area contributed by atoms with Crippen LogP contribution in [-0.2, 0) is 0 Å². The van der Waals surface area contributed by atoms with Crippen molar-refractivity contribution in [2.24, 2.45) is 17.0 Å². The van der Waals surface area contributed by atoms with E-state index in [1.165, 1.54) is 19.3 Å². The zero-order valence-electron chi connectivity index (χ0n) is 6.08. The highest BCUT2D eigenvalue weighted by molar-refractivity contribution is 5.85. The Bertz CT molecular complexity index is 151. The van der Waals surface area contributed by atoms with Crippen molar-refractivity contribution in [1.29, 1.82) is 0 Å². The van der Waals surface area contributed by atoms with Crippen molar-refractivity contribution in [3.63, 3.8) is 0 Å². The van der Waals surface area contributed by atoms with Gasteiger partial charge in [-0.1, -0.05) is 5.16 Å². The van der Waals surface area contributed by atoms with Crippen LogP contribution < -0.4 is 0 Å². The van der Waals surface area contributed by atoms with E-state index in [4.69, 9.17) is 5.21 Å². The summed E-state index contributed by atoms with van der Waals surface area (Å²) < 4.78 is 0. The van der Waals surface area contributed by atoms with Crippen LogP contribution in [0.3, 0.4) is 0 Å². The zero-order valence-corrected chi connectivity index (χ0v) is 6.08. The van der Waals surface area contributed by atoms with Gasteiger partial charge >= 0.3 is 0 Å². The highest BCUT2D eigenvalue weighted by Gasteiger charge is 2.31. The summed E-state index contributed by atoms with van der Waals surface area (Å²) in [5.74, 6) is 1.70. The lowest BCUT2D eigenvalue weighted by atomic mass is 9.88. The summed E-state index contributed by atoms with van der Waals surface area (Å²) in [5.41, 5.74) is 1.04. The van der Waals surface area contributed by atoms with E-state index in [1.54, 1.807) is 0 Å². The van der Waals surface area contributed by atoms with E-state index in [1.807, 2.05) is 0 Å². The summed E-state index contributed by atoms with van der Waals surface area (Å²) in [7, 11) is 0. The highest BCUT2D eigenvalue weighted by atomic mass is 16.4. The normalized spacial score (nSPS) is 38.2. The molecule has 0 aromatic rings. The summed E-state index contributed by atoms with van der Waals surface area (Å²) in [6.45, 7) is 0. The maximum atomic E-state index is 8.54. The zero-order chi connectivity index (χ0) is 6.97. The Morgan fingerprint density at radius 2 is 1.80 bits per heavy atom. The van der Waals surface area contributed by atoms with Crippen molar-refractivity contribution in [3.05, 3.63) is 0 Å². The molecule has 2 saturated carbocycles. The summed E-state index contributed by atoms with van der Waals surface area (Å²) in [6, 6.07) is 0. The Morgan fingerprint density at radius 3 is 2.30 bits per heavy atom. The van der Waals surface area contributed by atoms with Gasteiger partial charge in [0, 0.05) is 0 Å². The maximum Gasteiger partial charge on any atom is 0.0576 e. The second-order valence-corrected chi connectivity index (χ2v) is 3.62. The molecule has 2 aliphatic rings. The second kappa shape index (κ2) is 2.26. The molecule has 0 aromatic carbocycles. The van der Waals surface area contributed by atoms with E-state index >= 15 is 0 Å². The number of hydrogen-bond donors (Lipinski definition) is 1. The quantitative estimate of drug-likeness (QED) is 0.404. The lowest BCUT2D eigenvalue weighted by Gasteiger charge is -2.18. The molecule has 2 rings (SSSR count). The molecule has 56 valence electrons.